The van der Waals surface area contributed by atoms with Gasteiger partial charge in [0, 0.05) is 23.8 Å². The molecule has 0 amide bonds. The number of thioether (sulfide) groups is 1. The molecule has 3 rings (SSSR count). The van der Waals surface area contributed by atoms with Crippen LogP contribution in [-0.4, -0.2) is 29.8 Å². The Labute approximate surface area is 141 Å². The molecule has 23 heavy (non-hydrogen) atoms. The van der Waals surface area contributed by atoms with Crippen LogP contribution in [0.3, 0.4) is 0 Å². The van der Waals surface area contributed by atoms with Crippen molar-refractivity contribution >= 4 is 45.2 Å². The number of nitrogens with one attached hydrogen (secondary N) is 1. The minimum atomic E-state index is -0.438. The first-order valence-corrected chi connectivity index (χ1v) is 8.84. The van der Waals surface area contributed by atoms with E-state index >= 15 is 0 Å². The highest BCUT2D eigenvalue weighted by molar-refractivity contribution is 8.00. The number of fused-ring (bicyclic) bond motifs is 1. The average Bonchev–Trinajstić information content (AvgIpc) is 3.17. The lowest BCUT2D eigenvalue weighted by molar-refractivity contribution is 0.0491. The predicted molar refractivity (Wildman–Crippen MR) is 91.2 cm³/mol. The number of hydrogen-bond donors (Lipinski definition) is 1. The monoisotopic (exact) mass is 349 g/mol. The van der Waals surface area contributed by atoms with Crippen molar-refractivity contribution in [2.75, 3.05) is 19.0 Å². The minimum absolute atomic E-state index is 0.263. The van der Waals surface area contributed by atoms with Gasteiger partial charge in [-0.05, 0) is 13.0 Å². The largest absolute Gasteiger partial charge is 0.460 e. The summed E-state index contributed by atoms with van der Waals surface area (Å²) in [6.45, 7) is 2.08. The number of anilines is 1. The van der Waals surface area contributed by atoms with E-state index in [0.717, 1.165) is 20.4 Å². The summed E-state index contributed by atoms with van der Waals surface area (Å²) in [6, 6.07) is 7.58. The van der Waals surface area contributed by atoms with E-state index in [0.29, 0.717) is 17.9 Å². The lowest BCUT2D eigenvalue weighted by atomic mass is 10.1. The molecular formula is C15H15N3O3S2. The molecule has 120 valence electrons. The van der Waals surface area contributed by atoms with Gasteiger partial charge in [-0.2, -0.15) is 0 Å². The molecule has 0 radical (unpaired) electrons. The van der Waals surface area contributed by atoms with Crippen molar-refractivity contribution in [2.24, 2.45) is 0 Å². The van der Waals surface area contributed by atoms with E-state index in [1.54, 1.807) is 14.0 Å². The maximum Gasteiger partial charge on any atom is 0.374 e. The molecule has 0 aliphatic heterocycles. The number of esters is 1. The zero-order valence-corrected chi connectivity index (χ0v) is 14.3. The maximum atomic E-state index is 12.1. The van der Waals surface area contributed by atoms with E-state index in [-0.39, 0.29) is 5.76 Å². The van der Waals surface area contributed by atoms with Crippen molar-refractivity contribution in [2.45, 2.75) is 17.0 Å². The highest BCUT2D eigenvalue weighted by atomic mass is 32.2. The normalized spacial score (nSPS) is 10.9. The Morgan fingerprint density at radius 3 is 2.96 bits per heavy atom. The van der Waals surface area contributed by atoms with Gasteiger partial charge in [0.25, 0.3) is 0 Å². The lowest BCUT2D eigenvalue weighted by Crippen LogP contribution is -2.05. The Kier molecular flexibility index (Phi) is 4.82. The number of rotatable bonds is 6. The maximum absolute atomic E-state index is 12.1. The van der Waals surface area contributed by atoms with Crippen molar-refractivity contribution < 1.29 is 13.9 Å². The van der Waals surface area contributed by atoms with E-state index in [2.05, 4.69) is 15.5 Å². The fourth-order valence-electron chi connectivity index (χ4n) is 2.11. The topological polar surface area (TPSA) is 77.2 Å². The fraction of sp³-hybridized carbons (Fsp3) is 0.267. The van der Waals surface area contributed by atoms with Crippen LogP contribution < -0.4 is 5.32 Å². The van der Waals surface area contributed by atoms with Gasteiger partial charge in [0.2, 0.25) is 10.9 Å². The number of para-hydroxylation sites is 1. The van der Waals surface area contributed by atoms with E-state index in [1.165, 1.54) is 23.1 Å². The van der Waals surface area contributed by atoms with Crippen LogP contribution in [0.25, 0.3) is 11.0 Å². The van der Waals surface area contributed by atoms with Gasteiger partial charge >= 0.3 is 5.97 Å². The first-order valence-electron chi connectivity index (χ1n) is 7.04. The molecule has 2 aromatic heterocycles. The summed E-state index contributed by atoms with van der Waals surface area (Å²) in [7, 11) is 1.80. The predicted octanol–water partition coefficient (Wildman–Crippen LogP) is 3.80. The van der Waals surface area contributed by atoms with Gasteiger partial charge in [-0.15, -0.1) is 10.2 Å². The number of aromatic nitrogens is 2. The SMILES string of the molecule is CCOC(=O)c1oc2ccccc2c1CSc1nnc(NC)s1. The molecule has 0 aliphatic rings. The van der Waals surface area contributed by atoms with Crippen molar-refractivity contribution in [3.05, 3.63) is 35.6 Å². The Balaban J connectivity index is 1.90. The van der Waals surface area contributed by atoms with Crippen LogP contribution in [-0.2, 0) is 10.5 Å². The van der Waals surface area contributed by atoms with Crippen molar-refractivity contribution in [1.29, 1.82) is 0 Å². The number of furan rings is 1. The second-order valence-corrected chi connectivity index (χ2v) is 6.74. The Morgan fingerprint density at radius 1 is 1.39 bits per heavy atom. The lowest BCUT2D eigenvalue weighted by Gasteiger charge is -2.01. The smallest absolute Gasteiger partial charge is 0.374 e. The number of benzene rings is 1. The number of carbonyl (C=O) groups is 1. The van der Waals surface area contributed by atoms with Gasteiger partial charge < -0.3 is 14.5 Å². The van der Waals surface area contributed by atoms with E-state index in [9.17, 15) is 4.79 Å². The molecule has 3 aromatic rings. The van der Waals surface area contributed by atoms with E-state index in [4.69, 9.17) is 9.15 Å². The van der Waals surface area contributed by atoms with Crippen molar-refractivity contribution in [3.8, 4) is 0 Å². The summed E-state index contributed by atoms with van der Waals surface area (Å²) in [4.78, 5) is 12.1. The highest BCUT2D eigenvalue weighted by Gasteiger charge is 2.22. The third-order valence-electron chi connectivity index (χ3n) is 3.12. The molecule has 2 heterocycles. The van der Waals surface area contributed by atoms with Gasteiger partial charge in [-0.25, -0.2) is 4.79 Å². The highest BCUT2D eigenvalue weighted by Crippen LogP contribution is 2.34. The summed E-state index contributed by atoms with van der Waals surface area (Å²) in [5.41, 5.74) is 1.50. The zero-order chi connectivity index (χ0) is 16.2. The molecule has 0 unspecified atom stereocenters. The van der Waals surface area contributed by atoms with Crippen molar-refractivity contribution in [3.63, 3.8) is 0 Å². The molecule has 1 aromatic carbocycles. The first-order chi connectivity index (χ1) is 11.2. The number of nitrogens with zero attached hydrogens (tertiary/aromatic N) is 2. The molecule has 0 saturated carbocycles. The third-order valence-corrected chi connectivity index (χ3v) is 5.22. The first kappa shape index (κ1) is 15.8. The Bertz CT molecular complexity index is 828. The van der Waals surface area contributed by atoms with Gasteiger partial charge in [-0.1, -0.05) is 41.3 Å². The molecule has 8 heteroatoms. The molecule has 0 bridgehead atoms. The summed E-state index contributed by atoms with van der Waals surface area (Å²) < 4.78 is 11.6. The second kappa shape index (κ2) is 7.01. The van der Waals surface area contributed by atoms with Crippen LogP contribution in [0.2, 0.25) is 0 Å². The van der Waals surface area contributed by atoms with Crippen LogP contribution in [0.4, 0.5) is 5.13 Å². The molecular weight excluding hydrogens is 334 g/mol. The summed E-state index contributed by atoms with van der Waals surface area (Å²) in [6.07, 6.45) is 0. The number of ether oxygens (including phenoxy) is 1. The molecule has 0 atom stereocenters. The third kappa shape index (κ3) is 3.32. The molecule has 0 fully saturated rings. The number of carbonyl (C=O) groups excluding carboxylic acids is 1. The molecule has 6 nitrogen and oxygen atoms in total. The van der Waals surface area contributed by atoms with E-state index < -0.39 is 5.97 Å². The Hall–Kier alpha value is -2.06. The standard InChI is InChI=1S/C15H15N3O3S2/c1-3-20-13(19)12-10(9-6-4-5-7-11(9)21-12)8-22-15-18-17-14(16-2)23-15/h4-7H,3,8H2,1-2H3,(H,16,17). The molecule has 1 N–H and O–H groups in total. The summed E-state index contributed by atoms with van der Waals surface area (Å²) in [5, 5.41) is 12.7. The van der Waals surface area contributed by atoms with Gasteiger partial charge in [0.05, 0.1) is 6.61 Å². The van der Waals surface area contributed by atoms with Crippen LogP contribution in [0.5, 0.6) is 0 Å². The van der Waals surface area contributed by atoms with Crippen LogP contribution in [0.15, 0.2) is 33.0 Å². The molecule has 0 aliphatic carbocycles. The van der Waals surface area contributed by atoms with Crippen LogP contribution in [0, 0.1) is 0 Å². The zero-order valence-electron chi connectivity index (χ0n) is 12.7. The second-order valence-electron chi connectivity index (χ2n) is 4.54. The summed E-state index contributed by atoms with van der Waals surface area (Å²) >= 11 is 2.98. The van der Waals surface area contributed by atoms with Crippen LogP contribution in [0.1, 0.15) is 23.0 Å². The summed E-state index contributed by atoms with van der Waals surface area (Å²) in [5.74, 6) is 0.384. The molecule has 0 saturated heterocycles. The number of hydrogen-bond acceptors (Lipinski definition) is 8. The fourth-order valence-corrected chi connectivity index (χ4v) is 3.84. The molecule has 0 spiro atoms. The van der Waals surface area contributed by atoms with Gasteiger partial charge in [0.15, 0.2) is 4.34 Å². The average molecular weight is 349 g/mol. The van der Waals surface area contributed by atoms with E-state index in [1.807, 2.05) is 24.3 Å². The quantitative estimate of drug-likeness (QED) is 0.536. The Morgan fingerprint density at radius 2 is 2.22 bits per heavy atom. The van der Waals surface area contributed by atoms with Gasteiger partial charge in [0.1, 0.15) is 5.58 Å². The van der Waals surface area contributed by atoms with Crippen LogP contribution >= 0.6 is 23.1 Å². The van der Waals surface area contributed by atoms with Crippen molar-refractivity contribution in [1.82, 2.24) is 10.2 Å². The van der Waals surface area contributed by atoms with Gasteiger partial charge in [-0.3, -0.25) is 0 Å². The minimum Gasteiger partial charge on any atom is -0.460 e.